The second-order valence-corrected chi connectivity index (χ2v) is 4.67. The van der Waals surface area contributed by atoms with Crippen LogP contribution in [0.15, 0.2) is 18.2 Å². The summed E-state index contributed by atoms with van der Waals surface area (Å²) in [5.74, 6) is -0.869. The zero-order valence-corrected chi connectivity index (χ0v) is 10.6. The van der Waals surface area contributed by atoms with Gasteiger partial charge in [-0.1, -0.05) is 25.4 Å². The molecule has 1 amide bonds. The molecule has 0 aromatic heterocycles. The lowest BCUT2D eigenvalue weighted by Crippen LogP contribution is -2.33. The molecule has 0 heterocycles. The highest BCUT2D eigenvalue weighted by Gasteiger charge is 2.20. The molecule has 0 saturated heterocycles. The summed E-state index contributed by atoms with van der Waals surface area (Å²) >= 11 is 5.69. The van der Waals surface area contributed by atoms with E-state index in [2.05, 4.69) is 5.32 Å². The molecule has 1 atom stereocenters. The number of nitrogens with two attached hydrogens (primary N) is 1. The molecule has 0 aliphatic carbocycles. The Morgan fingerprint density at radius 1 is 1.47 bits per heavy atom. The van der Waals surface area contributed by atoms with Crippen molar-refractivity contribution < 1.29 is 9.18 Å². The van der Waals surface area contributed by atoms with Gasteiger partial charge in [0.05, 0.1) is 5.92 Å². The third-order valence-electron chi connectivity index (χ3n) is 2.53. The Morgan fingerprint density at radius 2 is 2.12 bits per heavy atom. The maximum Gasteiger partial charge on any atom is 0.229 e. The summed E-state index contributed by atoms with van der Waals surface area (Å²) in [4.78, 5) is 11.9. The summed E-state index contributed by atoms with van der Waals surface area (Å²) < 4.78 is 13.1. The topological polar surface area (TPSA) is 55.1 Å². The first-order valence-corrected chi connectivity index (χ1v) is 5.79. The van der Waals surface area contributed by atoms with Crippen LogP contribution < -0.4 is 11.1 Å². The number of hydrogen-bond acceptors (Lipinski definition) is 2. The van der Waals surface area contributed by atoms with Crippen LogP contribution in [0.3, 0.4) is 0 Å². The molecule has 0 aliphatic rings. The quantitative estimate of drug-likeness (QED) is 0.872. The van der Waals surface area contributed by atoms with E-state index in [1.165, 1.54) is 18.2 Å². The minimum Gasteiger partial charge on any atom is -0.330 e. The molecule has 1 unspecified atom stereocenters. The average Bonchev–Trinajstić information content (AvgIpc) is 2.15. The maximum atomic E-state index is 13.1. The highest BCUT2D eigenvalue weighted by Crippen LogP contribution is 2.19. The maximum absolute atomic E-state index is 13.1. The molecule has 0 radical (unpaired) electrons. The van der Waals surface area contributed by atoms with Crippen molar-refractivity contribution in [1.82, 2.24) is 0 Å². The summed E-state index contributed by atoms with van der Waals surface area (Å²) in [5, 5.41) is 2.86. The fourth-order valence-electron chi connectivity index (χ4n) is 1.54. The molecule has 17 heavy (non-hydrogen) atoms. The molecule has 0 bridgehead atoms. The first-order valence-electron chi connectivity index (χ1n) is 5.41. The number of benzene rings is 1. The lowest BCUT2D eigenvalue weighted by atomic mass is 9.95. The predicted molar refractivity (Wildman–Crippen MR) is 67.4 cm³/mol. The van der Waals surface area contributed by atoms with Crippen molar-refractivity contribution in [3.05, 3.63) is 29.0 Å². The first kappa shape index (κ1) is 13.9. The molecule has 1 aromatic rings. The predicted octanol–water partition coefficient (Wildman–Crippen LogP) is 2.65. The van der Waals surface area contributed by atoms with Gasteiger partial charge in [0.1, 0.15) is 5.82 Å². The summed E-state index contributed by atoms with van der Waals surface area (Å²) in [6, 6.07) is 3.90. The van der Waals surface area contributed by atoms with E-state index in [-0.39, 0.29) is 29.3 Å². The smallest absolute Gasteiger partial charge is 0.229 e. The van der Waals surface area contributed by atoms with Crippen LogP contribution in [0.4, 0.5) is 10.1 Å². The zero-order valence-electron chi connectivity index (χ0n) is 9.84. The van der Waals surface area contributed by atoms with Crippen LogP contribution in [0, 0.1) is 17.7 Å². The van der Waals surface area contributed by atoms with Gasteiger partial charge in [0.25, 0.3) is 0 Å². The van der Waals surface area contributed by atoms with Gasteiger partial charge in [-0.25, -0.2) is 4.39 Å². The number of rotatable bonds is 4. The Hall–Kier alpha value is -1.13. The molecule has 0 saturated carbocycles. The van der Waals surface area contributed by atoms with Gasteiger partial charge >= 0.3 is 0 Å². The lowest BCUT2D eigenvalue weighted by molar-refractivity contribution is -0.120. The highest BCUT2D eigenvalue weighted by atomic mass is 35.5. The minimum absolute atomic E-state index is 0.129. The molecule has 5 heteroatoms. The highest BCUT2D eigenvalue weighted by molar-refractivity contribution is 6.30. The molecule has 0 spiro atoms. The van der Waals surface area contributed by atoms with Gasteiger partial charge < -0.3 is 11.1 Å². The van der Waals surface area contributed by atoms with Crippen molar-refractivity contribution in [2.45, 2.75) is 13.8 Å². The van der Waals surface area contributed by atoms with Crippen LogP contribution in [0.5, 0.6) is 0 Å². The summed E-state index contributed by atoms with van der Waals surface area (Å²) in [6.45, 7) is 4.08. The number of carbonyl (C=O) groups is 1. The molecular formula is C12H16ClFN2O. The second kappa shape index (κ2) is 5.98. The van der Waals surface area contributed by atoms with E-state index >= 15 is 0 Å². The minimum atomic E-state index is -0.485. The van der Waals surface area contributed by atoms with Gasteiger partial charge in [0.2, 0.25) is 5.91 Å². The zero-order chi connectivity index (χ0) is 13.0. The molecule has 1 rings (SSSR count). The number of hydrogen-bond donors (Lipinski definition) is 2. The van der Waals surface area contributed by atoms with Crippen molar-refractivity contribution in [1.29, 1.82) is 0 Å². The van der Waals surface area contributed by atoms with Gasteiger partial charge in [0, 0.05) is 17.3 Å². The third kappa shape index (κ3) is 3.98. The Bertz CT molecular complexity index is 389. The summed E-state index contributed by atoms with van der Waals surface area (Å²) in [5.41, 5.74) is 5.87. The molecule has 1 aromatic carbocycles. The van der Waals surface area contributed by atoms with Crippen LogP contribution >= 0.6 is 11.6 Å². The van der Waals surface area contributed by atoms with Crippen molar-refractivity contribution in [3.63, 3.8) is 0 Å². The van der Waals surface area contributed by atoms with E-state index in [1.807, 2.05) is 13.8 Å². The molecule has 0 aliphatic heterocycles. The fourth-order valence-corrected chi connectivity index (χ4v) is 1.76. The van der Waals surface area contributed by atoms with Crippen LogP contribution in [0.25, 0.3) is 0 Å². The SMILES string of the molecule is CC(C)C(CN)C(=O)Nc1cc(F)cc(Cl)c1. The summed E-state index contributed by atoms with van der Waals surface area (Å²) in [6.07, 6.45) is 0. The Kier molecular flexibility index (Phi) is 4.90. The van der Waals surface area contributed by atoms with E-state index in [4.69, 9.17) is 17.3 Å². The van der Waals surface area contributed by atoms with E-state index in [1.54, 1.807) is 0 Å². The van der Waals surface area contributed by atoms with Crippen molar-refractivity contribution in [2.75, 3.05) is 11.9 Å². The van der Waals surface area contributed by atoms with Crippen LogP contribution in [0.1, 0.15) is 13.8 Å². The number of nitrogens with one attached hydrogen (secondary N) is 1. The molecule has 3 N–H and O–H groups in total. The van der Waals surface area contributed by atoms with Crippen molar-refractivity contribution >= 4 is 23.2 Å². The Morgan fingerprint density at radius 3 is 2.59 bits per heavy atom. The second-order valence-electron chi connectivity index (χ2n) is 4.23. The van der Waals surface area contributed by atoms with E-state index in [0.717, 1.165) is 0 Å². The standard InChI is InChI=1S/C12H16ClFN2O/c1-7(2)11(6-15)12(17)16-10-4-8(13)3-9(14)5-10/h3-5,7,11H,6,15H2,1-2H3,(H,16,17). The number of halogens is 2. The van der Waals surface area contributed by atoms with E-state index < -0.39 is 5.82 Å². The normalized spacial score (nSPS) is 12.6. The fraction of sp³-hybridized carbons (Fsp3) is 0.417. The van der Waals surface area contributed by atoms with Crippen molar-refractivity contribution in [3.8, 4) is 0 Å². The van der Waals surface area contributed by atoms with E-state index in [0.29, 0.717) is 5.69 Å². The Balaban J connectivity index is 2.80. The van der Waals surface area contributed by atoms with E-state index in [9.17, 15) is 9.18 Å². The molecule has 94 valence electrons. The largest absolute Gasteiger partial charge is 0.330 e. The molecule has 0 fully saturated rings. The number of amides is 1. The van der Waals surface area contributed by atoms with Crippen LogP contribution in [-0.2, 0) is 4.79 Å². The Labute approximate surface area is 105 Å². The van der Waals surface area contributed by atoms with Crippen LogP contribution in [0.2, 0.25) is 5.02 Å². The first-order chi connectivity index (χ1) is 7.93. The third-order valence-corrected chi connectivity index (χ3v) is 2.74. The number of carbonyl (C=O) groups excluding carboxylic acids is 1. The van der Waals surface area contributed by atoms with Gasteiger partial charge in [-0.15, -0.1) is 0 Å². The summed E-state index contributed by atoms with van der Waals surface area (Å²) in [7, 11) is 0. The van der Waals surface area contributed by atoms with Crippen LogP contribution in [-0.4, -0.2) is 12.5 Å². The average molecular weight is 259 g/mol. The van der Waals surface area contributed by atoms with Gasteiger partial charge in [0.15, 0.2) is 0 Å². The molecule has 3 nitrogen and oxygen atoms in total. The monoisotopic (exact) mass is 258 g/mol. The van der Waals surface area contributed by atoms with Gasteiger partial charge in [-0.2, -0.15) is 0 Å². The number of anilines is 1. The van der Waals surface area contributed by atoms with Gasteiger partial charge in [-0.3, -0.25) is 4.79 Å². The van der Waals surface area contributed by atoms with Crippen molar-refractivity contribution in [2.24, 2.45) is 17.6 Å². The van der Waals surface area contributed by atoms with Gasteiger partial charge in [-0.05, 0) is 24.1 Å². The molecular weight excluding hydrogens is 243 g/mol. The lowest BCUT2D eigenvalue weighted by Gasteiger charge is -2.18.